The lowest BCUT2D eigenvalue weighted by molar-refractivity contribution is -0.135. The molecule has 0 aliphatic carbocycles. The summed E-state index contributed by atoms with van der Waals surface area (Å²) >= 11 is 0. The van der Waals surface area contributed by atoms with Gasteiger partial charge in [0, 0.05) is 6.08 Å². The number of amides is 2. The highest BCUT2D eigenvalue weighted by Crippen LogP contribution is 2.66. The van der Waals surface area contributed by atoms with Crippen molar-refractivity contribution >= 4 is 35.3 Å². The average Bonchev–Trinajstić information content (AvgIpc) is 2.78. The summed E-state index contributed by atoms with van der Waals surface area (Å²) in [5, 5.41) is 21.9. The highest BCUT2D eigenvalue weighted by molar-refractivity contribution is 7.66. The Morgan fingerprint density at radius 1 is 1.00 bits per heavy atom. The molecule has 2 aliphatic rings. The molecule has 2 aliphatic heterocycles. The van der Waals surface area contributed by atoms with Crippen molar-refractivity contribution in [2.75, 3.05) is 6.61 Å². The van der Waals surface area contributed by atoms with Crippen LogP contribution in [0.3, 0.4) is 0 Å². The van der Waals surface area contributed by atoms with Crippen molar-refractivity contribution in [2.24, 2.45) is 5.92 Å². The predicted octanol–water partition coefficient (Wildman–Crippen LogP) is -2.35. The van der Waals surface area contributed by atoms with Crippen molar-refractivity contribution in [3.63, 3.8) is 0 Å². The first kappa shape index (κ1) is 24.4. The molecule has 0 aromatic heterocycles. The lowest BCUT2D eigenvalue weighted by Crippen LogP contribution is -2.46. The van der Waals surface area contributed by atoms with Crippen LogP contribution in [0, 0.1) is 5.92 Å². The van der Waals surface area contributed by atoms with Gasteiger partial charge in [0.05, 0.1) is 12.5 Å². The van der Waals surface area contributed by atoms with Gasteiger partial charge < -0.3 is 34.5 Å². The normalized spacial score (nSPS) is 34.5. The van der Waals surface area contributed by atoms with Crippen LogP contribution in [0.5, 0.6) is 0 Å². The largest absolute Gasteiger partial charge is 0.490 e. The Morgan fingerprint density at radius 2 is 1.62 bits per heavy atom. The summed E-state index contributed by atoms with van der Waals surface area (Å²) in [6.45, 7) is -1.02. The van der Waals surface area contributed by atoms with Crippen molar-refractivity contribution in [3.8, 4) is 0 Å². The zero-order chi connectivity index (χ0) is 22.2. The number of phosphoric ester groups is 1. The van der Waals surface area contributed by atoms with Crippen molar-refractivity contribution in [2.45, 2.75) is 24.4 Å². The summed E-state index contributed by atoms with van der Waals surface area (Å²) in [4.78, 5) is 58.2. The lowest BCUT2D eigenvalue weighted by Gasteiger charge is -2.24. The number of carbonyl (C=O) groups excluding carboxylic acids is 2. The summed E-state index contributed by atoms with van der Waals surface area (Å²) < 4.78 is 50.0. The molecule has 2 amide bonds. The molecule has 0 bridgehead atoms. The van der Waals surface area contributed by atoms with E-state index in [0.717, 1.165) is 12.2 Å². The number of imide groups is 1. The highest BCUT2D eigenvalue weighted by atomic mass is 31.3. The van der Waals surface area contributed by atoms with Crippen LogP contribution in [0.25, 0.3) is 0 Å². The van der Waals surface area contributed by atoms with Crippen LogP contribution in [0.2, 0.25) is 0 Å². The fourth-order valence-corrected chi connectivity index (χ4v) is 5.50. The van der Waals surface area contributed by atoms with E-state index >= 15 is 0 Å². The molecule has 0 spiro atoms. The van der Waals surface area contributed by atoms with Crippen LogP contribution in [0.4, 0.5) is 0 Å². The molecule has 0 aromatic rings. The van der Waals surface area contributed by atoms with Crippen LogP contribution in [-0.2, 0) is 41.2 Å². The number of hydrogen-bond donors (Lipinski definition) is 7. The number of carbonyl (C=O) groups is 2. The van der Waals surface area contributed by atoms with E-state index < -0.39 is 72.2 Å². The van der Waals surface area contributed by atoms with Gasteiger partial charge in [-0.1, -0.05) is 6.08 Å². The van der Waals surface area contributed by atoms with E-state index in [0.29, 0.717) is 0 Å². The second-order valence-corrected chi connectivity index (χ2v) is 10.2. The smallest absolute Gasteiger partial charge is 0.388 e. The molecular formula is C10H16NO15P3. The van der Waals surface area contributed by atoms with Crippen LogP contribution in [0.15, 0.2) is 12.2 Å². The second-order valence-electron chi connectivity index (χ2n) is 5.75. The summed E-state index contributed by atoms with van der Waals surface area (Å²) in [7, 11) is -16.7. The summed E-state index contributed by atoms with van der Waals surface area (Å²) in [5.41, 5.74) is 0. The van der Waals surface area contributed by atoms with Gasteiger partial charge in [0.1, 0.15) is 24.4 Å². The molecule has 29 heavy (non-hydrogen) atoms. The second kappa shape index (κ2) is 8.73. The fraction of sp³-hybridized carbons (Fsp3) is 0.600. The molecule has 7 atom stereocenters. The van der Waals surface area contributed by atoms with Gasteiger partial charge in [-0.15, -0.1) is 0 Å². The van der Waals surface area contributed by atoms with E-state index in [1.807, 2.05) is 5.32 Å². The van der Waals surface area contributed by atoms with Gasteiger partial charge >= 0.3 is 23.5 Å². The van der Waals surface area contributed by atoms with E-state index in [4.69, 9.17) is 19.4 Å². The molecule has 19 heteroatoms. The minimum Gasteiger partial charge on any atom is -0.388 e. The number of aliphatic hydroxyl groups is 2. The number of hydrogen-bond acceptors (Lipinski definition) is 11. The van der Waals surface area contributed by atoms with E-state index in [2.05, 4.69) is 13.1 Å². The average molecular weight is 483 g/mol. The van der Waals surface area contributed by atoms with Gasteiger partial charge in [-0.25, -0.2) is 13.7 Å². The number of aliphatic hydroxyl groups excluding tert-OH is 2. The number of rotatable bonds is 8. The van der Waals surface area contributed by atoms with Gasteiger partial charge in [0.2, 0.25) is 11.8 Å². The Morgan fingerprint density at radius 3 is 2.17 bits per heavy atom. The Bertz CT molecular complexity index is 836. The quantitative estimate of drug-likeness (QED) is 0.141. The fourth-order valence-electron chi connectivity index (χ4n) is 2.47. The van der Waals surface area contributed by atoms with Crippen molar-refractivity contribution in [3.05, 3.63) is 12.2 Å². The van der Waals surface area contributed by atoms with Gasteiger partial charge in [-0.3, -0.25) is 19.4 Å². The third-order valence-electron chi connectivity index (χ3n) is 3.58. The highest BCUT2D eigenvalue weighted by Gasteiger charge is 2.49. The van der Waals surface area contributed by atoms with Gasteiger partial charge in [0.15, 0.2) is 0 Å². The summed E-state index contributed by atoms with van der Waals surface area (Å²) in [6, 6.07) is 0. The van der Waals surface area contributed by atoms with Crippen LogP contribution < -0.4 is 5.32 Å². The monoisotopic (exact) mass is 483 g/mol. The Balaban J connectivity index is 2.00. The molecule has 1 fully saturated rings. The molecule has 7 unspecified atom stereocenters. The first-order chi connectivity index (χ1) is 13.1. The van der Waals surface area contributed by atoms with E-state index in [-0.39, 0.29) is 0 Å². The summed E-state index contributed by atoms with van der Waals surface area (Å²) in [5.74, 6) is -2.72. The molecule has 166 valence electrons. The Hall–Kier alpha value is -0.830. The van der Waals surface area contributed by atoms with Crippen molar-refractivity contribution in [1.82, 2.24) is 5.32 Å². The van der Waals surface area contributed by atoms with Crippen molar-refractivity contribution < 1.29 is 71.0 Å². The van der Waals surface area contributed by atoms with E-state index in [1.54, 1.807) is 0 Å². The number of nitrogens with one attached hydrogen (secondary N) is 1. The first-order valence-electron chi connectivity index (χ1n) is 7.43. The molecule has 2 heterocycles. The van der Waals surface area contributed by atoms with E-state index in [1.165, 1.54) is 0 Å². The zero-order valence-electron chi connectivity index (χ0n) is 13.9. The maximum Gasteiger partial charge on any atom is 0.490 e. The maximum absolute atomic E-state index is 11.8. The van der Waals surface area contributed by atoms with E-state index in [9.17, 15) is 38.4 Å². The van der Waals surface area contributed by atoms with Gasteiger partial charge in [-0.2, -0.15) is 8.62 Å². The molecule has 16 nitrogen and oxygen atoms in total. The summed E-state index contributed by atoms with van der Waals surface area (Å²) in [6.07, 6.45) is -4.22. The van der Waals surface area contributed by atoms with Crippen LogP contribution in [-0.4, -0.2) is 72.6 Å². The molecule has 0 aromatic carbocycles. The minimum atomic E-state index is -5.72. The van der Waals surface area contributed by atoms with Crippen LogP contribution >= 0.6 is 23.5 Å². The molecular weight excluding hydrogens is 467 g/mol. The lowest BCUT2D eigenvalue weighted by atomic mass is 9.93. The molecule has 1 saturated heterocycles. The van der Waals surface area contributed by atoms with Gasteiger partial charge in [0.25, 0.3) is 0 Å². The minimum absolute atomic E-state index is 0.705. The van der Waals surface area contributed by atoms with Crippen LogP contribution in [0.1, 0.15) is 0 Å². The predicted molar refractivity (Wildman–Crippen MR) is 86.3 cm³/mol. The third-order valence-corrected chi connectivity index (χ3v) is 7.38. The SMILES string of the molecule is O=C1C=CC(C2OC(COP(=O)(O)OP(=O)(O)OP(=O)(O)O)C(O)C2O)C(=O)N1. The molecule has 2 rings (SSSR count). The zero-order valence-corrected chi connectivity index (χ0v) is 16.6. The molecule has 0 radical (unpaired) electrons. The Labute approximate surface area is 161 Å². The molecule has 0 saturated carbocycles. The maximum atomic E-state index is 11.8. The number of phosphoric acid groups is 3. The third kappa shape index (κ3) is 6.84. The van der Waals surface area contributed by atoms with Gasteiger partial charge in [-0.05, 0) is 0 Å². The standard InChI is InChI=1S/C10H16NO15P3/c12-6-2-1-4(10(15)11-6)9-8(14)7(13)5(24-9)3-23-28(19,20)26-29(21,22)25-27(16,17)18/h1-2,4-5,7-9,13-14H,3H2,(H,19,20)(H,21,22)(H,11,12,15)(H2,16,17,18). The number of ether oxygens (including phenoxy) is 1. The molecule has 7 N–H and O–H groups in total. The topological polar surface area (TPSA) is 256 Å². The van der Waals surface area contributed by atoms with Crippen molar-refractivity contribution in [1.29, 1.82) is 0 Å². The Kier molecular flexibility index (Phi) is 7.36. The first-order valence-corrected chi connectivity index (χ1v) is 12.0.